The Morgan fingerprint density at radius 2 is 1.79 bits per heavy atom. The molecule has 1 heterocycles. The highest BCUT2D eigenvalue weighted by Gasteiger charge is 2.08. The molecule has 0 aliphatic carbocycles. The number of carbonyl (C=O) groups is 1. The maximum Gasteiger partial charge on any atom is 0.338 e. The molecule has 2 rings (SSSR count). The number of nitrogens with zero attached hydrogens (tertiary/aromatic N) is 2. The summed E-state index contributed by atoms with van der Waals surface area (Å²) in [5, 5.41) is 6.70. The van der Waals surface area contributed by atoms with Gasteiger partial charge in [0.2, 0.25) is 0 Å². The largest absolute Gasteiger partial charge is 0.462 e. The van der Waals surface area contributed by atoms with Crippen LogP contribution in [0.3, 0.4) is 0 Å². The zero-order chi connectivity index (χ0) is 19.3. The monoisotopic (exact) mass is 502 g/mol. The third-order valence-electron chi connectivity index (χ3n) is 4.79. The first kappa shape index (κ1) is 24.7. The molecule has 1 saturated heterocycles. The van der Waals surface area contributed by atoms with Gasteiger partial charge in [0.1, 0.15) is 0 Å². The van der Waals surface area contributed by atoms with Crippen molar-refractivity contribution in [3.63, 3.8) is 0 Å². The minimum Gasteiger partial charge on any atom is -0.462 e. The van der Waals surface area contributed by atoms with E-state index in [1.807, 2.05) is 19.1 Å². The predicted molar refractivity (Wildman–Crippen MR) is 126 cm³/mol. The highest BCUT2D eigenvalue weighted by atomic mass is 127. The van der Waals surface area contributed by atoms with Gasteiger partial charge < -0.3 is 20.3 Å². The van der Waals surface area contributed by atoms with Crippen molar-refractivity contribution in [2.24, 2.45) is 4.99 Å². The van der Waals surface area contributed by atoms with Gasteiger partial charge in [0.25, 0.3) is 0 Å². The van der Waals surface area contributed by atoms with Crippen molar-refractivity contribution in [1.82, 2.24) is 15.5 Å². The lowest BCUT2D eigenvalue weighted by molar-refractivity contribution is 0.0526. The van der Waals surface area contributed by atoms with Gasteiger partial charge in [-0.25, -0.2) is 4.79 Å². The number of guanidine groups is 1. The van der Waals surface area contributed by atoms with Crippen LogP contribution in [0.5, 0.6) is 0 Å². The van der Waals surface area contributed by atoms with E-state index in [0.717, 1.165) is 31.0 Å². The molecule has 0 atom stereocenters. The van der Waals surface area contributed by atoms with Crippen molar-refractivity contribution in [3.8, 4) is 0 Å². The molecule has 0 spiro atoms. The third-order valence-corrected chi connectivity index (χ3v) is 4.79. The summed E-state index contributed by atoms with van der Waals surface area (Å²) in [7, 11) is 1.79. The highest BCUT2D eigenvalue weighted by molar-refractivity contribution is 14.0. The molecule has 0 unspecified atom stereocenters. The molecule has 0 aromatic heterocycles. The molecule has 1 aliphatic heterocycles. The molecule has 1 fully saturated rings. The maximum atomic E-state index is 11.7. The fourth-order valence-electron chi connectivity index (χ4n) is 3.25. The van der Waals surface area contributed by atoms with Gasteiger partial charge in [-0.3, -0.25) is 4.99 Å². The SMILES string of the molecule is CCOC(=O)c1ccc(CNC(=NC)NCCCN2CCCCCC2)cc1.I. The Morgan fingerprint density at radius 1 is 1.11 bits per heavy atom. The summed E-state index contributed by atoms with van der Waals surface area (Å²) >= 11 is 0. The molecule has 0 saturated carbocycles. The van der Waals surface area contributed by atoms with Crippen LogP contribution >= 0.6 is 24.0 Å². The van der Waals surface area contributed by atoms with Crippen molar-refractivity contribution in [3.05, 3.63) is 35.4 Å². The summed E-state index contributed by atoms with van der Waals surface area (Å²) in [5.74, 6) is 0.527. The molecular formula is C21H35IN4O2. The van der Waals surface area contributed by atoms with E-state index in [-0.39, 0.29) is 29.9 Å². The zero-order valence-corrected chi connectivity index (χ0v) is 19.5. The second kappa shape index (κ2) is 14.6. The Bertz CT molecular complexity index is 585. The number of ether oxygens (including phenoxy) is 1. The number of rotatable bonds is 8. The van der Waals surface area contributed by atoms with Crippen molar-refractivity contribution in [2.45, 2.75) is 45.6 Å². The van der Waals surface area contributed by atoms with Crippen LogP contribution in [0.2, 0.25) is 0 Å². The van der Waals surface area contributed by atoms with Gasteiger partial charge in [-0.05, 0) is 63.5 Å². The van der Waals surface area contributed by atoms with Crippen LogP contribution in [0.1, 0.15) is 54.9 Å². The van der Waals surface area contributed by atoms with Crippen LogP contribution in [0.4, 0.5) is 0 Å². The molecule has 7 heteroatoms. The standard InChI is InChI=1S/C21H34N4O2.HI/c1-3-27-20(26)19-11-9-18(10-12-19)17-24-21(22-2)23-13-8-16-25-14-6-4-5-7-15-25;/h9-12H,3-8,13-17H2,1-2H3,(H2,22,23,24);1H. The lowest BCUT2D eigenvalue weighted by atomic mass is 10.1. The summed E-state index contributed by atoms with van der Waals surface area (Å²) in [6, 6.07) is 7.47. The van der Waals surface area contributed by atoms with Crippen molar-refractivity contribution < 1.29 is 9.53 Å². The lowest BCUT2D eigenvalue weighted by Crippen LogP contribution is -2.38. The first-order valence-corrected chi connectivity index (χ1v) is 10.2. The van der Waals surface area contributed by atoms with Crippen LogP contribution in [-0.4, -0.2) is 56.7 Å². The topological polar surface area (TPSA) is 66.0 Å². The van der Waals surface area contributed by atoms with E-state index < -0.39 is 0 Å². The quantitative estimate of drug-likeness (QED) is 0.188. The Hall–Kier alpha value is -1.35. The van der Waals surface area contributed by atoms with Crippen LogP contribution < -0.4 is 10.6 Å². The second-order valence-corrected chi connectivity index (χ2v) is 6.88. The van der Waals surface area contributed by atoms with Crippen LogP contribution in [-0.2, 0) is 11.3 Å². The van der Waals surface area contributed by atoms with Crippen molar-refractivity contribution >= 4 is 35.9 Å². The minimum atomic E-state index is -0.279. The molecular weight excluding hydrogens is 467 g/mol. The molecule has 1 aromatic rings. The van der Waals surface area contributed by atoms with Gasteiger partial charge in [-0.2, -0.15) is 0 Å². The summed E-state index contributed by atoms with van der Waals surface area (Å²) in [6.07, 6.45) is 6.56. The molecule has 158 valence electrons. The Kier molecular flexibility index (Phi) is 12.9. The predicted octanol–water partition coefficient (Wildman–Crippen LogP) is 3.41. The number of nitrogens with one attached hydrogen (secondary N) is 2. The van der Waals surface area contributed by atoms with Gasteiger partial charge in [0, 0.05) is 20.1 Å². The van der Waals surface area contributed by atoms with Crippen molar-refractivity contribution in [1.29, 1.82) is 0 Å². The van der Waals surface area contributed by atoms with Gasteiger partial charge in [0.15, 0.2) is 5.96 Å². The summed E-state index contributed by atoms with van der Waals surface area (Å²) in [4.78, 5) is 18.5. The molecule has 2 N–H and O–H groups in total. The fourth-order valence-corrected chi connectivity index (χ4v) is 3.25. The fraction of sp³-hybridized carbons (Fsp3) is 0.619. The van der Waals surface area contributed by atoms with Gasteiger partial charge in [0.05, 0.1) is 12.2 Å². The number of likely N-dealkylation sites (tertiary alicyclic amines) is 1. The average molecular weight is 502 g/mol. The van der Waals surface area contributed by atoms with Gasteiger partial charge in [-0.15, -0.1) is 24.0 Å². The second-order valence-electron chi connectivity index (χ2n) is 6.88. The third kappa shape index (κ3) is 9.23. The van der Waals surface area contributed by atoms with E-state index in [4.69, 9.17) is 4.74 Å². The summed E-state index contributed by atoms with van der Waals surface area (Å²) < 4.78 is 5.00. The maximum absolute atomic E-state index is 11.7. The van der Waals surface area contributed by atoms with E-state index in [9.17, 15) is 4.79 Å². The Balaban J connectivity index is 0.00000392. The molecule has 28 heavy (non-hydrogen) atoms. The average Bonchev–Trinajstić information content (AvgIpc) is 2.97. The van der Waals surface area contributed by atoms with Crippen LogP contribution in [0.25, 0.3) is 0 Å². The normalized spacial score (nSPS) is 15.3. The van der Waals surface area contributed by atoms with Crippen molar-refractivity contribution in [2.75, 3.05) is 39.8 Å². The molecule has 0 bridgehead atoms. The van der Waals surface area contributed by atoms with E-state index in [0.29, 0.717) is 18.7 Å². The summed E-state index contributed by atoms with van der Waals surface area (Å²) in [6.45, 7) is 7.42. The molecule has 6 nitrogen and oxygen atoms in total. The number of aliphatic imine (C=N–C) groups is 1. The number of carbonyl (C=O) groups excluding carboxylic acids is 1. The number of halogens is 1. The Labute approximate surface area is 186 Å². The smallest absolute Gasteiger partial charge is 0.338 e. The number of esters is 1. The number of hydrogen-bond acceptors (Lipinski definition) is 4. The number of benzene rings is 1. The molecule has 1 aromatic carbocycles. The van der Waals surface area contributed by atoms with Gasteiger partial charge >= 0.3 is 5.97 Å². The van der Waals surface area contributed by atoms with E-state index in [1.54, 1.807) is 19.2 Å². The first-order valence-electron chi connectivity index (χ1n) is 10.2. The zero-order valence-electron chi connectivity index (χ0n) is 17.2. The lowest BCUT2D eigenvalue weighted by Gasteiger charge is -2.20. The molecule has 0 amide bonds. The van der Waals surface area contributed by atoms with E-state index in [2.05, 4.69) is 20.5 Å². The van der Waals surface area contributed by atoms with Gasteiger partial charge in [-0.1, -0.05) is 25.0 Å². The van der Waals surface area contributed by atoms with E-state index in [1.165, 1.54) is 38.8 Å². The minimum absolute atomic E-state index is 0. The Morgan fingerprint density at radius 3 is 2.39 bits per heavy atom. The molecule has 1 aliphatic rings. The first-order chi connectivity index (χ1) is 13.2. The van der Waals surface area contributed by atoms with E-state index >= 15 is 0 Å². The number of hydrogen-bond donors (Lipinski definition) is 2. The van der Waals surface area contributed by atoms with Crippen LogP contribution in [0.15, 0.2) is 29.3 Å². The summed E-state index contributed by atoms with van der Waals surface area (Å²) in [5.41, 5.74) is 1.67. The highest BCUT2D eigenvalue weighted by Crippen LogP contribution is 2.09. The van der Waals surface area contributed by atoms with Crippen LogP contribution in [0, 0.1) is 0 Å². The molecule has 0 radical (unpaired) electrons.